The molecule has 0 saturated heterocycles. The molecule has 1 atom stereocenters. The van der Waals surface area contributed by atoms with E-state index in [-0.39, 0.29) is 12.4 Å². The Morgan fingerprint density at radius 1 is 0.765 bits per heavy atom. The van der Waals surface area contributed by atoms with Gasteiger partial charge in [-0.3, -0.25) is 4.79 Å². The van der Waals surface area contributed by atoms with Crippen LogP contribution in [0.1, 0.15) is 27.6 Å². The molecule has 0 aliphatic rings. The molecule has 0 fully saturated rings. The van der Waals surface area contributed by atoms with Crippen LogP contribution >= 0.6 is 0 Å². The summed E-state index contributed by atoms with van der Waals surface area (Å²) in [5.41, 5.74) is -5.32. The number of rotatable bonds is 8. The van der Waals surface area contributed by atoms with Crippen LogP contribution in [0.2, 0.25) is 0 Å². The summed E-state index contributed by atoms with van der Waals surface area (Å²) < 4.78 is 90.0. The fourth-order valence-corrected chi connectivity index (χ4v) is 3.11. The van der Waals surface area contributed by atoms with Gasteiger partial charge in [-0.1, -0.05) is 42.5 Å². The molecule has 0 saturated carbocycles. The van der Waals surface area contributed by atoms with Crippen molar-refractivity contribution in [3.8, 4) is 11.5 Å². The van der Waals surface area contributed by atoms with Crippen LogP contribution < -0.4 is 9.47 Å². The van der Waals surface area contributed by atoms with Gasteiger partial charge in [-0.05, 0) is 42.0 Å². The quantitative estimate of drug-likeness (QED) is 0.314. The lowest BCUT2D eigenvalue weighted by atomic mass is 9.92. The summed E-state index contributed by atoms with van der Waals surface area (Å²) >= 11 is 0. The first-order valence-corrected chi connectivity index (χ1v) is 9.81. The summed E-state index contributed by atoms with van der Waals surface area (Å²) in [5.74, 6) is 0.384. The third-order valence-electron chi connectivity index (χ3n) is 4.96. The van der Waals surface area contributed by atoms with Gasteiger partial charge in [0.05, 0.1) is 0 Å². The lowest BCUT2D eigenvalue weighted by Crippen LogP contribution is -2.53. The minimum atomic E-state index is -5.98. The predicted octanol–water partition coefficient (Wildman–Crippen LogP) is 6.01. The van der Waals surface area contributed by atoms with Crippen LogP contribution in [-0.4, -0.2) is 30.4 Å². The Morgan fingerprint density at radius 3 is 1.79 bits per heavy atom. The maximum absolute atomic E-state index is 13.1. The summed E-state index contributed by atoms with van der Waals surface area (Å²) in [6, 6.07) is 17.7. The van der Waals surface area contributed by atoms with Crippen LogP contribution in [-0.2, 0) is 5.60 Å². The summed E-state index contributed by atoms with van der Waals surface area (Å²) in [7, 11) is 0. The highest BCUT2D eigenvalue weighted by atomic mass is 19.4. The first-order valence-electron chi connectivity index (χ1n) is 9.81. The van der Waals surface area contributed by atoms with Crippen molar-refractivity contribution in [2.45, 2.75) is 24.1 Å². The van der Waals surface area contributed by atoms with Gasteiger partial charge in [0.15, 0.2) is 6.10 Å². The lowest BCUT2D eigenvalue weighted by molar-refractivity contribution is -0.376. The van der Waals surface area contributed by atoms with Crippen molar-refractivity contribution >= 4 is 6.29 Å². The Kier molecular flexibility index (Phi) is 7.21. The van der Waals surface area contributed by atoms with Gasteiger partial charge in [-0.15, -0.1) is 0 Å². The lowest BCUT2D eigenvalue weighted by Gasteiger charge is -2.32. The van der Waals surface area contributed by atoms with Crippen molar-refractivity contribution in [1.82, 2.24) is 0 Å². The number of carbonyl (C=O) groups excluding carboxylic acids is 1. The molecule has 10 heteroatoms. The van der Waals surface area contributed by atoms with Crippen LogP contribution in [0.3, 0.4) is 0 Å². The van der Waals surface area contributed by atoms with Gasteiger partial charge >= 0.3 is 12.4 Å². The van der Waals surface area contributed by atoms with Gasteiger partial charge in [-0.25, -0.2) is 0 Å². The zero-order valence-electron chi connectivity index (χ0n) is 17.3. The minimum absolute atomic E-state index is 0.0378. The third-order valence-corrected chi connectivity index (χ3v) is 4.96. The molecule has 1 unspecified atom stereocenters. The average molecular weight is 484 g/mol. The van der Waals surface area contributed by atoms with Crippen molar-refractivity contribution in [3.05, 3.63) is 95.6 Å². The Hall–Kier alpha value is -3.53. The van der Waals surface area contributed by atoms with Gasteiger partial charge in [0, 0.05) is 11.1 Å². The molecule has 0 heterocycles. The number of aliphatic hydroxyl groups is 1. The van der Waals surface area contributed by atoms with E-state index >= 15 is 0 Å². The maximum atomic E-state index is 13.1. The van der Waals surface area contributed by atoms with E-state index < -0.39 is 29.6 Å². The van der Waals surface area contributed by atoms with Crippen LogP contribution in [0.5, 0.6) is 11.5 Å². The Bertz CT molecular complexity index is 1060. The van der Waals surface area contributed by atoms with Crippen LogP contribution in [0, 0.1) is 0 Å². The van der Waals surface area contributed by atoms with Crippen molar-refractivity contribution in [3.63, 3.8) is 0 Å². The highest BCUT2D eigenvalue weighted by Gasteiger charge is 2.71. The second-order valence-electron chi connectivity index (χ2n) is 7.25. The van der Waals surface area contributed by atoms with E-state index in [1.165, 1.54) is 0 Å². The second-order valence-corrected chi connectivity index (χ2v) is 7.25. The molecule has 3 aromatic rings. The number of ether oxygens (including phenoxy) is 2. The van der Waals surface area contributed by atoms with E-state index in [0.717, 1.165) is 12.1 Å². The predicted molar refractivity (Wildman–Crippen MR) is 110 cm³/mol. The summed E-state index contributed by atoms with van der Waals surface area (Å²) in [5, 5.41) is 9.52. The molecule has 0 spiro atoms. The van der Waals surface area contributed by atoms with E-state index in [2.05, 4.69) is 0 Å². The molecular weight excluding hydrogens is 466 g/mol. The van der Waals surface area contributed by atoms with Crippen molar-refractivity contribution in [2.75, 3.05) is 6.61 Å². The number of aldehydes is 1. The van der Waals surface area contributed by atoms with Gasteiger partial charge in [0.1, 0.15) is 24.4 Å². The summed E-state index contributed by atoms with van der Waals surface area (Å²) in [6.45, 7) is -0.0543. The topological polar surface area (TPSA) is 55.8 Å². The maximum Gasteiger partial charge on any atom is 0.430 e. The van der Waals surface area contributed by atoms with E-state index in [0.29, 0.717) is 35.3 Å². The molecule has 1 N–H and O–H groups in total. The Balaban J connectivity index is 1.83. The summed E-state index contributed by atoms with van der Waals surface area (Å²) in [6.07, 6.45) is -12.1. The molecule has 0 amide bonds. The molecule has 0 aromatic heterocycles. The molecule has 34 heavy (non-hydrogen) atoms. The Labute approximate surface area is 190 Å². The van der Waals surface area contributed by atoms with Crippen LogP contribution in [0.25, 0.3) is 0 Å². The van der Waals surface area contributed by atoms with E-state index in [4.69, 9.17) is 9.47 Å². The molecule has 0 aliphatic heterocycles. The number of benzene rings is 3. The number of hydrogen-bond acceptors (Lipinski definition) is 4. The molecule has 3 aromatic carbocycles. The first-order chi connectivity index (χ1) is 16.0. The minimum Gasteiger partial charge on any atom is -0.489 e. The van der Waals surface area contributed by atoms with Crippen LogP contribution in [0.15, 0.2) is 78.9 Å². The average Bonchev–Trinajstić information content (AvgIpc) is 2.81. The SMILES string of the molecule is O=Cc1ccc(OCC(Oc2ccc(C(O)(C(F)(F)F)C(F)(F)F)cc2)c2ccccc2)cc1. The van der Waals surface area contributed by atoms with Gasteiger partial charge in [-0.2, -0.15) is 26.3 Å². The van der Waals surface area contributed by atoms with Crippen molar-refractivity contribution in [1.29, 1.82) is 0 Å². The van der Waals surface area contributed by atoms with Crippen molar-refractivity contribution < 1.29 is 45.7 Å². The zero-order chi connectivity index (χ0) is 25.0. The monoisotopic (exact) mass is 484 g/mol. The van der Waals surface area contributed by atoms with E-state index in [1.807, 2.05) is 0 Å². The van der Waals surface area contributed by atoms with Crippen molar-refractivity contribution in [2.24, 2.45) is 0 Å². The fourth-order valence-electron chi connectivity index (χ4n) is 3.11. The normalized spacial score (nSPS) is 13.3. The van der Waals surface area contributed by atoms with Gasteiger partial charge in [0.25, 0.3) is 5.60 Å². The van der Waals surface area contributed by atoms with Gasteiger partial charge < -0.3 is 14.6 Å². The molecule has 4 nitrogen and oxygen atoms in total. The molecule has 0 bridgehead atoms. The molecule has 3 rings (SSSR count). The largest absolute Gasteiger partial charge is 0.489 e. The smallest absolute Gasteiger partial charge is 0.430 e. The number of hydrogen-bond donors (Lipinski definition) is 1. The molecule has 0 radical (unpaired) electrons. The molecule has 180 valence electrons. The zero-order valence-corrected chi connectivity index (χ0v) is 17.3. The first kappa shape index (κ1) is 25.1. The molecule has 0 aliphatic carbocycles. The second kappa shape index (κ2) is 9.76. The number of halogens is 6. The fraction of sp³-hybridized carbons (Fsp3) is 0.208. The number of alkyl halides is 6. The number of carbonyl (C=O) groups is 1. The third kappa shape index (κ3) is 5.33. The highest BCUT2D eigenvalue weighted by Crippen LogP contribution is 2.50. The molecular formula is C24H18F6O4. The highest BCUT2D eigenvalue weighted by molar-refractivity contribution is 5.74. The van der Waals surface area contributed by atoms with E-state index in [9.17, 15) is 36.2 Å². The standard InChI is InChI=1S/C24H18F6O4/c25-23(26,27)22(32,24(28,29)30)18-8-12-20(13-9-18)34-21(17-4-2-1-3-5-17)15-33-19-10-6-16(14-31)7-11-19/h1-14,21,32H,15H2. The van der Waals surface area contributed by atoms with Gasteiger partial charge in [0.2, 0.25) is 0 Å². The summed E-state index contributed by atoms with van der Waals surface area (Å²) in [4.78, 5) is 10.8. The Morgan fingerprint density at radius 2 is 1.29 bits per heavy atom. The van der Waals surface area contributed by atoms with E-state index in [1.54, 1.807) is 54.6 Å². The van der Waals surface area contributed by atoms with Crippen LogP contribution in [0.4, 0.5) is 26.3 Å².